The summed E-state index contributed by atoms with van der Waals surface area (Å²) in [4.78, 5) is 17.7. The summed E-state index contributed by atoms with van der Waals surface area (Å²) < 4.78 is 7.12. The SMILES string of the molecule is COc1ccc(-c2cc(C(=O)NCCC(C)C)nc3c(-c4ccccc4)c(C)nn23)cc1. The van der Waals surface area contributed by atoms with E-state index in [0.29, 0.717) is 23.8 Å². The van der Waals surface area contributed by atoms with Crippen LogP contribution in [0.25, 0.3) is 28.0 Å². The van der Waals surface area contributed by atoms with Crippen LogP contribution < -0.4 is 10.1 Å². The third kappa shape index (κ3) is 4.35. The van der Waals surface area contributed by atoms with Crippen LogP contribution >= 0.6 is 0 Å². The van der Waals surface area contributed by atoms with Crippen LogP contribution in [0.3, 0.4) is 0 Å². The number of amides is 1. The van der Waals surface area contributed by atoms with Crippen molar-refractivity contribution < 1.29 is 9.53 Å². The summed E-state index contributed by atoms with van der Waals surface area (Å²) in [5.74, 6) is 1.11. The molecule has 0 aliphatic rings. The Hall–Kier alpha value is -3.67. The maximum atomic E-state index is 13.0. The van der Waals surface area contributed by atoms with E-state index in [-0.39, 0.29) is 5.91 Å². The van der Waals surface area contributed by atoms with Crippen LogP contribution in [-0.4, -0.2) is 34.2 Å². The fourth-order valence-electron chi connectivity index (χ4n) is 3.71. The van der Waals surface area contributed by atoms with Crippen molar-refractivity contribution in [2.75, 3.05) is 13.7 Å². The molecule has 0 atom stereocenters. The lowest BCUT2D eigenvalue weighted by atomic mass is 10.1. The summed E-state index contributed by atoms with van der Waals surface area (Å²) in [6.07, 6.45) is 0.917. The van der Waals surface area contributed by atoms with E-state index in [1.807, 2.05) is 66.0 Å². The van der Waals surface area contributed by atoms with Gasteiger partial charge in [-0.2, -0.15) is 5.10 Å². The van der Waals surface area contributed by atoms with Gasteiger partial charge in [0.15, 0.2) is 5.65 Å². The van der Waals surface area contributed by atoms with E-state index < -0.39 is 0 Å². The summed E-state index contributed by atoms with van der Waals surface area (Å²) in [5.41, 5.74) is 5.58. The molecule has 32 heavy (non-hydrogen) atoms. The van der Waals surface area contributed by atoms with Crippen LogP contribution in [0.5, 0.6) is 5.75 Å². The lowest BCUT2D eigenvalue weighted by molar-refractivity contribution is 0.0947. The van der Waals surface area contributed by atoms with Gasteiger partial charge in [0.25, 0.3) is 5.91 Å². The van der Waals surface area contributed by atoms with Crippen molar-refractivity contribution in [3.8, 4) is 28.1 Å². The Morgan fingerprint density at radius 1 is 1.06 bits per heavy atom. The number of hydrogen-bond donors (Lipinski definition) is 1. The van der Waals surface area contributed by atoms with Gasteiger partial charge in [-0.25, -0.2) is 9.50 Å². The van der Waals surface area contributed by atoms with Gasteiger partial charge in [-0.15, -0.1) is 0 Å². The van der Waals surface area contributed by atoms with Crippen LogP contribution in [0, 0.1) is 12.8 Å². The first kappa shape index (κ1) is 21.6. The number of carbonyl (C=O) groups is 1. The topological polar surface area (TPSA) is 68.5 Å². The summed E-state index contributed by atoms with van der Waals surface area (Å²) in [7, 11) is 1.64. The lowest BCUT2D eigenvalue weighted by Gasteiger charge is -2.11. The average Bonchev–Trinajstić information content (AvgIpc) is 3.14. The molecule has 1 amide bonds. The molecule has 0 saturated heterocycles. The summed E-state index contributed by atoms with van der Waals surface area (Å²) in [5, 5.41) is 7.79. The van der Waals surface area contributed by atoms with Gasteiger partial charge >= 0.3 is 0 Å². The minimum Gasteiger partial charge on any atom is -0.497 e. The molecule has 6 nitrogen and oxygen atoms in total. The number of carbonyl (C=O) groups excluding carboxylic acids is 1. The molecule has 4 rings (SSSR count). The van der Waals surface area contributed by atoms with Crippen molar-refractivity contribution in [1.29, 1.82) is 0 Å². The summed E-state index contributed by atoms with van der Waals surface area (Å²) in [6.45, 7) is 6.86. The van der Waals surface area contributed by atoms with Gasteiger partial charge in [-0.1, -0.05) is 44.2 Å². The molecular formula is C26H28N4O2. The summed E-state index contributed by atoms with van der Waals surface area (Å²) >= 11 is 0. The van der Waals surface area contributed by atoms with Gasteiger partial charge in [0.1, 0.15) is 11.4 Å². The third-order valence-electron chi connectivity index (χ3n) is 5.45. The maximum Gasteiger partial charge on any atom is 0.270 e. The zero-order chi connectivity index (χ0) is 22.7. The molecular weight excluding hydrogens is 400 g/mol. The second-order valence-electron chi connectivity index (χ2n) is 8.26. The van der Waals surface area contributed by atoms with E-state index in [9.17, 15) is 4.79 Å². The smallest absolute Gasteiger partial charge is 0.270 e. The largest absolute Gasteiger partial charge is 0.497 e. The number of hydrogen-bond acceptors (Lipinski definition) is 4. The highest BCUT2D eigenvalue weighted by Crippen LogP contribution is 2.31. The molecule has 2 aromatic carbocycles. The highest BCUT2D eigenvalue weighted by molar-refractivity contribution is 5.95. The van der Waals surface area contributed by atoms with Crippen LogP contribution in [0.2, 0.25) is 0 Å². The van der Waals surface area contributed by atoms with Crippen molar-refractivity contribution in [3.05, 3.63) is 72.1 Å². The zero-order valence-corrected chi connectivity index (χ0v) is 18.9. The lowest BCUT2D eigenvalue weighted by Crippen LogP contribution is -2.26. The predicted molar refractivity (Wildman–Crippen MR) is 127 cm³/mol. The van der Waals surface area contributed by atoms with Gasteiger partial charge in [-0.05, 0) is 55.2 Å². The molecule has 0 fully saturated rings. The van der Waals surface area contributed by atoms with Gasteiger partial charge in [0.2, 0.25) is 0 Å². The van der Waals surface area contributed by atoms with Crippen LogP contribution in [-0.2, 0) is 0 Å². The molecule has 164 valence electrons. The van der Waals surface area contributed by atoms with Gasteiger partial charge in [0, 0.05) is 17.7 Å². The van der Waals surface area contributed by atoms with E-state index >= 15 is 0 Å². The van der Waals surface area contributed by atoms with Gasteiger partial charge in [-0.3, -0.25) is 4.79 Å². The number of aryl methyl sites for hydroxylation is 1. The fourth-order valence-corrected chi connectivity index (χ4v) is 3.71. The predicted octanol–water partition coefficient (Wildman–Crippen LogP) is 5.16. The number of aromatic nitrogens is 3. The number of benzene rings is 2. The van der Waals surface area contributed by atoms with Gasteiger partial charge < -0.3 is 10.1 Å². The molecule has 0 unspecified atom stereocenters. The molecule has 1 N–H and O–H groups in total. The Morgan fingerprint density at radius 2 is 1.78 bits per heavy atom. The molecule has 0 bridgehead atoms. The normalized spacial score (nSPS) is 11.2. The van der Waals surface area contributed by atoms with Crippen LogP contribution in [0.1, 0.15) is 36.5 Å². The van der Waals surface area contributed by atoms with Crippen molar-refractivity contribution in [1.82, 2.24) is 19.9 Å². The average molecular weight is 429 g/mol. The molecule has 0 radical (unpaired) electrons. The first-order valence-electron chi connectivity index (χ1n) is 10.9. The van der Waals surface area contributed by atoms with Crippen molar-refractivity contribution in [2.45, 2.75) is 27.2 Å². The summed E-state index contributed by atoms with van der Waals surface area (Å²) in [6, 6.07) is 19.6. The first-order chi connectivity index (χ1) is 15.5. The molecule has 2 aromatic heterocycles. The number of fused-ring (bicyclic) bond motifs is 1. The molecule has 0 aliphatic carbocycles. The second-order valence-corrected chi connectivity index (χ2v) is 8.26. The molecule has 4 aromatic rings. The van der Waals surface area contributed by atoms with Crippen molar-refractivity contribution >= 4 is 11.6 Å². The van der Waals surface area contributed by atoms with Crippen LogP contribution in [0.15, 0.2) is 60.7 Å². The quantitative estimate of drug-likeness (QED) is 0.442. The number of methoxy groups -OCH3 is 1. The first-order valence-corrected chi connectivity index (χ1v) is 10.9. The highest BCUT2D eigenvalue weighted by Gasteiger charge is 2.20. The molecule has 6 heteroatoms. The highest BCUT2D eigenvalue weighted by atomic mass is 16.5. The standard InChI is InChI=1S/C26H28N4O2/c1-17(2)14-15-27-26(31)22-16-23(19-10-12-21(32-4)13-11-19)30-25(28-22)24(18(3)29-30)20-8-6-5-7-9-20/h5-13,16-17H,14-15H2,1-4H3,(H,27,31). The Bertz CT molecular complexity index is 1230. The fraction of sp³-hybridized carbons (Fsp3) is 0.269. The van der Waals surface area contributed by atoms with Crippen molar-refractivity contribution in [3.63, 3.8) is 0 Å². The second kappa shape index (κ2) is 9.22. The third-order valence-corrected chi connectivity index (χ3v) is 5.45. The minimum absolute atomic E-state index is 0.180. The van der Waals surface area contributed by atoms with E-state index in [0.717, 1.165) is 40.2 Å². The van der Waals surface area contributed by atoms with Crippen LogP contribution in [0.4, 0.5) is 0 Å². The number of nitrogens with one attached hydrogen (secondary N) is 1. The van der Waals surface area contributed by atoms with E-state index in [2.05, 4.69) is 19.2 Å². The monoisotopic (exact) mass is 428 g/mol. The Labute approximate surface area is 188 Å². The number of rotatable bonds is 7. The zero-order valence-electron chi connectivity index (χ0n) is 18.9. The minimum atomic E-state index is -0.180. The van der Waals surface area contributed by atoms with E-state index in [4.69, 9.17) is 14.8 Å². The molecule has 0 saturated carbocycles. The van der Waals surface area contributed by atoms with E-state index in [1.165, 1.54) is 0 Å². The Balaban J connectivity index is 1.87. The van der Waals surface area contributed by atoms with E-state index in [1.54, 1.807) is 13.2 Å². The Kier molecular flexibility index (Phi) is 6.21. The molecule has 2 heterocycles. The van der Waals surface area contributed by atoms with Crippen molar-refractivity contribution in [2.24, 2.45) is 5.92 Å². The molecule has 0 aliphatic heterocycles. The Morgan fingerprint density at radius 3 is 2.44 bits per heavy atom. The maximum absolute atomic E-state index is 13.0. The molecule has 0 spiro atoms. The number of ether oxygens (including phenoxy) is 1. The number of nitrogens with zero attached hydrogens (tertiary/aromatic N) is 3. The van der Waals surface area contributed by atoms with Gasteiger partial charge in [0.05, 0.1) is 18.5 Å².